The number of phenolic OH excluding ortho intramolecular Hbond substituents is 2. The first-order valence-corrected chi connectivity index (χ1v) is 25.6. The molecule has 0 atom stereocenters. The standard InChI is InChI=1S/C53H56F6N8O6S/c1-65(2)37-13-11-35(12-14-37)63-43-8-3-9-47-41(43)27-38(66(47)31-52(54,55)56)6-4-21-62-45-17-15-40(29-50(45)69)74(71,72)30-33-24-46(64-36-18-22-73-23-19-36)42-28-39(67(48(42)25-33)32-53(57,58)59)7-5-20-61-44-16-10-34(51(60)70)26-49(44)68/h3,8-10,15-17,24-29,35-37,61-64,68-69H,11-14,18-23,30-32H2,1-2H3,(H2,60,70). The normalized spacial score (nSPS) is 16.6. The van der Waals surface area contributed by atoms with Crippen LogP contribution in [0, 0.1) is 23.7 Å². The highest BCUT2D eigenvalue weighted by Crippen LogP contribution is 2.36. The number of carbonyl (C=O) groups is 1. The molecule has 392 valence electrons. The van der Waals surface area contributed by atoms with Crippen molar-refractivity contribution in [2.24, 2.45) is 5.73 Å². The summed E-state index contributed by atoms with van der Waals surface area (Å²) in [6.45, 7) is -2.06. The number of alkyl halides is 6. The van der Waals surface area contributed by atoms with E-state index >= 15 is 0 Å². The molecule has 74 heavy (non-hydrogen) atoms. The molecular formula is C53H56F6N8O6S. The van der Waals surface area contributed by atoms with Crippen LogP contribution in [0.15, 0.2) is 83.8 Å². The molecule has 1 aliphatic carbocycles. The molecule has 0 bridgehead atoms. The third kappa shape index (κ3) is 13.1. The quantitative estimate of drug-likeness (QED) is 0.0296. The largest absolute Gasteiger partial charge is 0.506 e. The molecule has 1 saturated heterocycles. The summed E-state index contributed by atoms with van der Waals surface area (Å²) in [6, 6.07) is 19.3. The van der Waals surface area contributed by atoms with Crippen LogP contribution in [0.1, 0.15) is 65.8 Å². The molecule has 2 aliphatic rings. The fourth-order valence-corrected chi connectivity index (χ4v) is 10.8. The van der Waals surface area contributed by atoms with Gasteiger partial charge in [-0.15, -0.1) is 0 Å². The number of sulfone groups is 1. The Labute approximate surface area is 424 Å². The van der Waals surface area contributed by atoms with E-state index < -0.39 is 52.7 Å². The van der Waals surface area contributed by atoms with Crippen molar-refractivity contribution in [2.75, 3.05) is 61.7 Å². The van der Waals surface area contributed by atoms with Gasteiger partial charge >= 0.3 is 12.4 Å². The zero-order valence-corrected chi connectivity index (χ0v) is 41.4. The van der Waals surface area contributed by atoms with Gasteiger partial charge in [-0.25, -0.2) is 8.42 Å². The van der Waals surface area contributed by atoms with Crippen molar-refractivity contribution in [2.45, 2.75) is 92.7 Å². The lowest BCUT2D eigenvalue weighted by atomic mass is 9.90. The first kappa shape index (κ1) is 53.1. The third-order valence-corrected chi connectivity index (χ3v) is 14.9. The lowest BCUT2D eigenvalue weighted by molar-refractivity contribution is -0.140. The minimum absolute atomic E-state index is 0.0150. The van der Waals surface area contributed by atoms with Gasteiger partial charge in [-0.05, 0) is 137 Å². The number of rotatable bonds is 15. The Bertz CT molecular complexity index is 3280. The van der Waals surface area contributed by atoms with Gasteiger partial charge in [0.15, 0.2) is 9.84 Å². The summed E-state index contributed by atoms with van der Waals surface area (Å²) >= 11 is 0. The van der Waals surface area contributed by atoms with Crippen molar-refractivity contribution in [3.8, 4) is 35.2 Å². The van der Waals surface area contributed by atoms with Crippen molar-refractivity contribution in [3.63, 3.8) is 0 Å². The van der Waals surface area contributed by atoms with Crippen LogP contribution in [-0.2, 0) is 33.4 Å². The molecule has 4 aromatic carbocycles. The number of benzene rings is 4. The van der Waals surface area contributed by atoms with E-state index in [-0.39, 0.29) is 75.2 Å². The number of nitrogens with two attached hydrogens (primary N) is 1. The summed E-state index contributed by atoms with van der Waals surface area (Å²) in [5.41, 5.74) is 7.47. The van der Waals surface area contributed by atoms with Crippen molar-refractivity contribution in [1.29, 1.82) is 0 Å². The van der Waals surface area contributed by atoms with E-state index in [2.05, 4.69) is 63.9 Å². The van der Waals surface area contributed by atoms with E-state index in [0.29, 0.717) is 54.1 Å². The van der Waals surface area contributed by atoms with Crippen molar-refractivity contribution in [1.82, 2.24) is 14.0 Å². The maximum atomic E-state index is 14.3. The summed E-state index contributed by atoms with van der Waals surface area (Å²) in [5, 5.41) is 35.0. The zero-order chi connectivity index (χ0) is 53.0. The van der Waals surface area contributed by atoms with Gasteiger partial charge in [-0.1, -0.05) is 17.9 Å². The molecule has 2 fully saturated rings. The Morgan fingerprint density at radius 2 is 1.26 bits per heavy atom. The average molecular weight is 1050 g/mol. The Morgan fingerprint density at radius 1 is 0.703 bits per heavy atom. The number of aromatic hydroxyl groups is 2. The van der Waals surface area contributed by atoms with E-state index in [0.717, 1.165) is 46.6 Å². The number of phenols is 2. The Hall–Kier alpha value is -7.20. The van der Waals surface area contributed by atoms with Gasteiger partial charge in [0, 0.05) is 65.1 Å². The molecule has 2 aromatic heterocycles. The Balaban J connectivity index is 1.01. The molecule has 0 radical (unpaired) electrons. The van der Waals surface area contributed by atoms with Crippen LogP contribution in [0.4, 0.5) is 49.1 Å². The Kier molecular flexibility index (Phi) is 15.9. The van der Waals surface area contributed by atoms with Gasteiger partial charge in [0.1, 0.15) is 24.6 Å². The van der Waals surface area contributed by atoms with E-state index in [4.69, 9.17) is 10.5 Å². The number of aromatic nitrogens is 2. The van der Waals surface area contributed by atoms with Gasteiger partial charge in [-0.3, -0.25) is 4.79 Å². The maximum absolute atomic E-state index is 14.3. The summed E-state index contributed by atoms with van der Waals surface area (Å²) in [6.07, 6.45) is -4.22. The number of ether oxygens (including phenoxy) is 1. The number of hydrogen-bond donors (Lipinski definition) is 7. The van der Waals surface area contributed by atoms with Gasteiger partial charge in [0.25, 0.3) is 0 Å². The fourth-order valence-electron chi connectivity index (χ4n) is 9.49. The van der Waals surface area contributed by atoms with Crippen molar-refractivity contribution < 1.29 is 54.5 Å². The fraction of sp³-hybridized carbons (Fsp3) is 0.377. The molecule has 6 aromatic rings. The SMILES string of the molecule is CN(C)C1CCC(Nc2cccc3c2cc(C#CCNc2ccc(S(=O)(=O)Cc4cc(NC5CCOCC5)c5cc(C#CCNc6ccc(C(N)=O)cc6O)n(CC(F)(F)F)c5c4)cc2O)n3CC(F)(F)F)CC1. The molecule has 1 aliphatic heterocycles. The van der Waals surface area contributed by atoms with Crippen LogP contribution < -0.4 is 27.0 Å². The summed E-state index contributed by atoms with van der Waals surface area (Å²) in [4.78, 5) is 13.4. The van der Waals surface area contributed by atoms with Gasteiger partial charge in [-0.2, -0.15) is 26.3 Å². The number of carbonyl (C=O) groups excluding carboxylic acids is 1. The second-order valence-electron chi connectivity index (χ2n) is 18.8. The van der Waals surface area contributed by atoms with E-state index in [9.17, 15) is 49.8 Å². The predicted molar refractivity (Wildman–Crippen MR) is 273 cm³/mol. The molecule has 1 amide bonds. The average Bonchev–Trinajstić information content (AvgIpc) is 3.85. The van der Waals surface area contributed by atoms with Gasteiger partial charge in [0.05, 0.1) is 57.5 Å². The zero-order valence-electron chi connectivity index (χ0n) is 40.6. The third-order valence-electron chi connectivity index (χ3n) is 13.2. The summed E-state index contributed by atoms with van der Waals surface area (Å²) in [7, 11) is -0.147. The predicted octanol–water partition coefficient (Wildman–Crippen LogP) is 9.01. The first-order valence-electron chi connectivity index (χ1n) is 23.9. The van der Waals surface area contributed by atoms with Crippen LogP contribution >= 0.6 is 0 Å². The van der Waals surface area contributed by atoms with Gasteiger partial charge < -0.3 is 56.0 Å². The smallest absolute Gasteiger partial charge is 0.406 e. The second-order valence-corrected chi connectivity index (χ2v) is 20.8. The molecule has 0 unspecified atom stereocenters. The first-order chi connectivity index (χ1) is 35.1. The number of nitrogens with zero attached hydrogens (tertiary/aromatic N) is 3. The number of primary amides is 1. The highest BCUT2D eigenvalue weighted by molar-refractivity contribution is 7.90. The van der Waals surface area contributed by atoms with Crippen LogP contribution in [-0.4, -0.2) is 109 Å². The highest BCUT2D eigenvalue weighted by atomic mass is 32.2. The summed E-state index contributed by atoms with van der Waals surface area (Å²) in [5.74, 6) is 9.09. The topological polar surface area (TPSA) is 188 Å². The Morgan fingerprint density at radius 3 is 1.82 bits per heavy atom. The van der Waals surface area contributed by atoms with E-state index in [1.807, 2.05) is 6.07 Å². The van der Waals surface area contributed by atoms with Crippen LogP contribution in [0.5, 0.6) is 11.5 Å². The maximum Gasteiger partial charge on any atom is 0.406 e. The van der Waals surface area contributed by atoms with Crippen LogP contribution in [0.25, 0.3) is 21.8 Å². The monoisotopic (exact) mass is 1050 g/mol. The molecule has 8 rings (SSSR count). The van der Waals surface area contributed by atoms with Crippen molar-refractivity contribution >= 4 is 60.3 Å². The number of nitrogens with one attached hydrogen (secondary N) is 4. The van der Waals surface area contributed by atoms with E-state index in [1.165, 1.54) is 42.5 Å². The summed E-state index contributed by atoms with van der Waals surface area (Å²) < 4.78 is 120. The lowest BCUT2D eigenvalue weighted by Gasteiger charge is -2.33. The van der Waals surface area contributed by atoms with Crippen LogP contribution in [0.3, 0.4) is 0 Å². The number of anilines is 4. The molecule has 14 nitrogen and oxygen atoms in total. The number of hydrogen-bond acceptors (Lipinski definition) is 11. The number of halogens is 6. The van der Waals surface area contributed by atoms with Crippen LogP contribution in [0.2, 0.25) is 0 Å². The molecule has 21 heteroatoms. The molecule has 0 spiro atoms. The lowest BCUT2D eigenvalue weighted by Crippen LogP contribution is -2.36. The van der Waals surface area contributed by atoms with E-state index in [1.54, 1.807) is 24.3 Å². The van der Waals surface area contributed by atoms with Gasteiger partial charge in [0.2, 0.25) is 5.91 Å². The second kappa shape index (κ2) is 22.1. The minimum atomic E-state index is -4.70. The molecule has 1 saturated carbocycles. The van der Waals surface area contributed by atoms with Crippen molar-refractivity contribution in [3.05, 3.63) is 101 Å². The highest BCUT2D eigenvalue weighted by Gasteiger charge is 2.32. The molecule has 8 N–H and O–H groups in total. The minimum Gasteiger partial charge on any atom is -0.506 e. The molecular weight excluding hydrogens is 991 g/mol. The molecule has 3 heterocycles. The number of amides is 1. The number of fused-ring (bicyclic) bond motifs is 2.